The molecular formula is C11H15BrClN. The summed E-state index contributed by atoms with van der Waals surface area (Å²) in [4.78, 5) is 2.28. The van der Waals surface area contributed by atoms with E-state index in [9.17, 15) is 0 Å². The van der Waals surface area contributed by atoms with Crippen molar-refractivity contribution >= 4 is 33.2 Å². The molecule has 0 spiro atoms. The summed E-state index contributed by atoms with van der Waals surface area (Å²) in [6.07, 6.45) is 0. The van der Waals surface area contributed by atoms with Crippen molar-refractivity contribution in [2.45, 2.75) is 19.2 Å². The predicted molar refractivity (Wildman–Crippen MR) is 67.6 cm³/mol. The first-order valence-corrected chi connectivity index (χ1v) is 6.32. The third-order valence-corrected chi connectivity index (χ3v) is 3.27. The molecule has 0 fully saturated rings. The van der Waals surface area contributed by atoms with Crippen LogP contribution in [-0.4, -0.2) is 13.1 Å². The summed E-state index contributed by atoms with van der Waals surface area (Å²) in [5, 5.41) is 1.65. The fourth-order valence-electron chi connectivity index (χ4n) is 1.43. The molecule has 78 valence electrons. The molecular weight excluding hydrogens is 261 g/mol. The van der Waals surface area contributed by atoms with Crippen LogP contribution in [0.15, 0.2) is 18.2 Å². The summed E-state index contributed by atoms with van der Waals surface area (Å²) in [6.45, 7) is 6.33. The molecule has 0 heterocycles. The van der Waals surface area contributed by atoms with Gasteiger partial charge in [0.05, 0.1) is 0 Å². The molecule has 3 heteroatoms. The molecule has 0 amide bonds. The zero-order chi connectivity index (χ0) is 10.6. The van der Waals surface area contributed by atoms with E-state index < -0.39 is 0 Å². The van der Waals surface area contributed by atoms with Crippen molar-refractivity contribution in [1.29, 1.82) is 0 Å². The molecule has 0 aromatic heterocycles. The van der Waals surface area contributed by atoms with E-state index in [2.05, 4.69) is 46.8 Å². The highest BCUT2D eigenvalue weighted by atomic mass is 79.9. The Bertz CT molecular complexity index is 297. The van der Waals surface area contributed by atoms with Crippen LogP contribution in [0.4, 0.5) is 5.69 Å². The number of hydrogen-bond acceptors (Lipinski definition) is 1. The maximum absolute atomic E-state index is 6.13. The molecule has 1 aromatic carbocycles. The summed E-state index contributed by atoms with van der Waals surface area (Å²) in [5.41, 5.74) is 2.34. The molecule has 1 rings (SSSR count). The lowest BCUT2D eigenvalue weighted by molar-refractivity contribution is 0.866. The lowest BCUT2D eigenvalue weighted by Gasteiger charge is -2.21. The molecule has 0 radical (unpaired) electrons. The molecule has 0 bridgehead atoms. The van der Waals surface area contributed by atoms with E-state index in [1.54, 1.807) is 0 Å². The van der Waals surface area contributed by atoms with Gasteiger partial charge in [0, 0.05) is 29.1 Å². The largest absolute Gasteiger partial charge is 0.372 e. The van der Waals surface area contributed by atoms with Crippen LogP contribution in [0.2, 0.25) is 5.02 Å². The summed E-state index contributed by atoms with van der Waals surface area (Å²) < 4.78 is 0. The quantitative estimate of drug-likeness (QED) is 0.749. The van der Waals surface area contributed by atoms with Gasteiger partial charge in [-0.15, -0.1) is 0 Å². The minimum absolute atomic E-state index is 0.810. The van der Waals surface area contributed by atoms with Crippen LogP contribution in [0.5, 0.6) is 0 Å². The number of benzene rings is 1. The lowest BCUT2D eigenvalue weighted by atomic mass is 10.2. The smallest absolute Gasteiger partial charge is 0.0467 e. The Balaban J connectivity index is 2.95. The van der Waals surface area contributed by atoms with Crippen LogP contribution >= 0.6 is 27.5 Å². The average molecular weight is 277 g/mol. The van der Waals surface area contributed by atoms with E-state index in [-0.39, 0.29) is 0 Å². The van der Waals surface area contributed by atoms with Crippen molar-refractivity contribution in [3.05, 3.63) is 28.8 Å². The standard InChI is InChI=1S/C11H15BrClN/c1-3-14(4-2)10-6-5-9(8-12)11(13)7-10/h5-7H,3-4,8H2,1-2H3. The van der Waals surface area contributed by atoms with Crippen molar-refractivity contribution in [3.8, 4) is 0 Å². The van der Waals surface area contributed by atoms with Crippen molar-refractivity contribution < 1.29 is 0 Å². The molecule has 0 N–H and O–H groups in total. The van der Waals surface area contributed by atoms with Gasteiger partial charge in [-0.25, -0.2) is 0 Å². The van der Waals surface area contributed by atoms with E-state index in [1.807, 2.05) is 6.07 Å². The van der Waals surface area contributed by atoms with Crippen LogP contribution < -0.4 is 4.90 Å². The van der Waals surface area contributed by atoms with Gasteiger partial charge >= 0.3 is 0 Å². The zero-order valence-corrected chi connectivity index (χ0v) is 10.9. The van der Waals surface area contributed by atoms with Crippen molar-refractivity contribution in [2.24, 2.45) is 0 Å². The number of halogens is 2. The summed E-state index contributed by atoms with van der Waals surface area (Å²) in [6, 6.07) is 6.23. The first-order valence-electron chi connectivity index (χ1n) is 4.82. The second-order valence-corrected chi connectivity index (χ2v) is 4.05. The van der Waals surface area contributed by atoms with E-state index >= 15 is 0 Å². The Morgan fingerprint density at radius 3 is 2.36 bits per heavy atom. The first-order chi connectivity index (χ1) is 6.72. The second kappa shape index (κ2) is 5.62. The Kier molecular flexibility index (Phi) is 4.76. The van der Waals surface area contributed by atoms with E-state index in [0.717, 1.165) is 29.0 Å². The van der Waals surface area contributed by atoms with Gasteiger partial charge in [0.25, 0.3) is 0 Å². The number of hydrogen-bond donors (Lipinski definition) is 0. The van der Waals surface area contributed by atoms with Crippen LogP contribution in [0.3, 0.4) is 0 Å². The molecule has 0 atom stereocenters. The summed E-state index contributed by atoms with van der Waals surface area (Å²) in [5.74, 6) is 0. The van der Waals surface area contributed by atoms with Gasteiger partial charge in [0.15, 0.2) is 0 Å². The van der Waals surface area contributed by atoms with E-state index in [0.29, 0.717) is 0 Å². The molecule has 0 saturated carbocycles. The maximum atomic E-state index is 6.13. The maximum Gasteiger partial charge on any atom is 0.0467 e. The minimum Gasteiger partial charge on any atom is -0.372 e. The van der Waals surface area contributed by atoms with Crippen molar-refractivity contribution in [2.75, 3.05) is 18.0 Å². The second-order valence-electron chi connectivity index (χ2n) is 3.08. The number of alkyl halides is 1. The van der Waals surface area contributed by atoms with Crippen molar-refractivity contribution in [1.82, 2.24) is 0 Å². The number of rotatable bonds is 4. The van der Waals surface area contributed by atoms with Crippen molar-refractivity contribution in [3.63, 3.8) is 0 Å². The van der Waals surface area contributed by atoms with Gasteiger partial charge in [0.1, 0.15) is 0 Å². The lowest BCUT2D eigenvalue weighted by Crippen LogP contribution is -2.21. The minimum atomic E-state index is 0.810. The monoisotopic (exact) mass is 275 g/mol. The average Bonchev–Trinajstić information content (AvgIpc) is 2.20. The summed E-state index contributed by atoms with van der Waals surface area (Å²) >= 11 is 9.54. The SMILES string of the molecule is CCN(CC)c1ccc(CBr)c(Cl)c1. The van der Waals surface area contributed by atoms with Crippen LogP contribution in [-0.2, 0) is 5.33 Å². The van der Waals surface area contributed by atoms with Gasteiger partial charge in [-0.2, -0.15) is 0 Å². The highest BCUT2D eigenvalue weighted by Crippen LogP contribution is 2.25. The van der Waals surface area contributed by atoms with E-state index in [1.165, 1.54) is 5.69 Å². The fraction of sp³-hybridized carbons (Fsp3) is 0.455. The molecule has 0 saturated heterocycles. The van der Waals surface area contributed by atoms with Gasteiger partial charge < -0.3 is 4.90 Å². The third-order valence-electron chi connectivity index (χ3n) is 2.31. The topological polar surface area (TPSA) is 3.24 Å². The molecule has 0 aliphatic rings. The molecule has 0 aliphatic carbocycles. The first kappa shape index (κ1) is 11.9. The van der Waals surface area contributed by atoms with Gasteiger partial charge in [-0.3, -0.25) is 0 Å². The summed E-state index contributed by atoms with van der Waals surface area (Å²) in [7, 11) is 0. The molecule has 14 heavy (non-hydrogen) atoms. The van der Waals surface area contributed by atoms with Gasteiger partial charge in [0.2, 0.25) is 0 Å². The third kappa shape index (κ3) is 2.64. The predicted octanol–water partition coefficient (Wildman–Crippen LogP) is 4.08. The Morgan fingerprint density at radius 1 is 1.29 bits per heavy atom. The molecule has 1 nitrogen and oxygen atoms in total. The highest BCUT2D eigenvalue weighted by Gasteiger charge is 2.04. The van der Waals surface area contributed by atoms with Gasteiger partial charge in [-0.1, -0.05) is 33.6 Å². The fourth-order valence-corrected chi connectivity index (χ4v) is 2.32. The number of nitrogens with zero attached hydrogens (tertiary/aromatic N) is 1. The molecule has 0 unspecified atom stereocenters. The highest BCUT2D eigenvalue weighted by molar-refractivity contribution is 9.08. The van der Waals surface area contributed by atoms with Crippen LogP contribution in [0, 0.1) is 0 Å². The van der Waals surface area contributed by atoms with Crippen LogP contribution in [0.1, 0.15) is 19.4 Å². The van der Waals surface area contributed by atoms with Crippen LogP contribution in [0.25, 0.3) is 0 Å². The van der Waals surface area contributed by atoms with E-state index in [4.69, 9.17) is 11.6 Å². The Morgan fingerprint density at radius 2 is 1.93 bits per heavy atom. The zero-order valence-electron chi connectivity index (χ0n) is 8.56. The normalized spacial score (nSPS) is 10.3. The van der Waals surface area contributed by atoms with Gasteiger partial charge in [-0.05, 0) is 31.5 Å². The molecule has 1 aromatic rings. The Labute approximate surface area is 99.2 Å². The number of anilines is 1. The Hall–Kier alpha value is -0.210. The molecule has 0 aliphatic heterocycles.